The molecule has 5 aromatic heterocycles. The molecule has 27 heteroatoms. The number of amides is 1. The number of alkyl halides is 3. The molecule has 8 N–H and O–H groups in total. The van der Waals surface area contributed by atoms with E-state index in [1.165, 1.54) is 58.3 Å². The Morgan fingerprint density at radius 1 is 0.539 bits per heavy atom. The topological polar surface area (TPSA) is 204 Å². The number of nitrogens with zero attached hydrogens (tertiary/aromatic N) is 11. The van der Waals surface area contributed by atoms with Gasteiger partial charge in [0, 0.05) is 223 Å². The van der Waals surface area contributed by atoms with Gasteiger partial charge in [-0.2, -0.15) is 0 Å². The number of nitrogens with one attached hydrogen (secondary N) is 5. The van der Waals surface area contributed by atoms with Crippen LogP contribution in [0.4, 0.5) is 53.5 Å². The first-order valence-corrected chi connectivity index (χ1v) is 35.3. The van der Waals surface area contributed by atoms with E-state index >= 15 is 0 Å². The fourth-order valence-corrected chi connectivity index (χ4v) is 13.0. The summed E-state index contributed by atoms with van der Waals surface area (Å²) in [5.74, 6) is 2.80. The van der Waals surface area contributed by atoms with Crippen molar-refractivity contribution in [2.45, 2.75) is 110 Å². The van der Waals surface area contributed by atoms with Crippen molar-refractivity contribution >= 4 is 81.0 Å². The van der Waals surface area contributed by atoms with Gasteiger partial charge in [-0.15, -0.1) is 13.2 Å². The number of hydrogen-bond donors (Lipinski definition) is 8. The van der Waals surface area contributed by atoms with E-state index in [0.29, 0.717) is 64.0 Å². The molecule has 3 aromatic carbocycles. The van der Waals surface area contributed by atoms with Crippen molar-refractivity contribution in [1.29, 1.82) is 0 Å². The lowest BCUT2D eigenvalue weighted by molar-refractivity contribution is -0.907. The summed E-state index contributed by atoms with van der Waals surface area (Å²) in [4.78, 5) is 34.4. The molecule has 4 fully saturated rings. The zero-order chi connectivity index (χ0) is 73.8. The van der Waals surface area contributed by atoms with Gasteiger partial charge < -0.3 is 50.7 Å². The van der Waals surface area contributed by atoms with Crippen LogP contribution in [0, 0.1) is 34.6 Å². The summed E-state index contributed by atoms with van der Waals surface area (Å²) in [5, 5.41) is 47.9. The second-order valence-corrected chi connectivity index (χ2v) is 28.0. The molecule has 0 saturated carbocycles. The molecule has 8 aromatic rings. The van der Waals surface area contributed by atoms with Crippen LogP contribution in [0.2, 0.25) is 15.2 Å². The summed E-state index contributed by atoms with van der Waals surface area (Å²) in [7, 11) is 12.1. The summed E-state index contributed by atoms with van der Waals surface area (Å²) < 4.78 is 43.8. The van der Waals surface area contributed by atoms with Crippen LogP contribution in [0.1, 0.15) is 70.8 Å². The molecule has 4 atom stereocenters. The standard InChI is InChI=1S/C21H25F3N4O2.C19H26N4O.C17H20ClN3O.C12H20N4.C6H6Cl2NO/c1-14-10-17(27(2)3)12-19(25-14)26-16-8-9-28(13-16)20(29)11-15-4-6-18(7-5-15)30-21(22,23)24;1-15-11-18(21(2)3)12-19(23(15)24)20-17-9-10-22(14-17)13-16-7-5-4-6-8-16;1-13-9-15(18)10-17(21(13)22)19-16-7-8-20(12-16)11-14-5-3-2-4-6-14;1-9-6-11(16(2)3)7-12(14-9)15-10-4-5-13-8-10;1-4-2-5(7)3-6(8)9(4)10/h4-7,10,12,16H,8-9,11,13H2,1-3H3,(H,25,26);4-8,11-12,17,24H,9-10,13-14H2,1-3H3;2-6,9-10,16,22H,7-8,11-12H2,1H3;6-7,10,13H,4-5,8H2,1-3H3,(H,14,15);2-3,10H,1H3/q;;;;+1/p+2/t16-;17-;16-;10-;/m0000./s1. The molecule has 12 rings (SSSR count). The van der Waals surface area contributed by atoms with Gasteiger partial charge in [0.15, 0.2) is 0 Å². The third-order valence-electron chi connectivity index (χ3n) is 17.5. The first-order chi connectivity index (χ1) is 48.5. The van der Waals surface area contributed by atoms with Gasteiger partial charge in [-0.1, -0.05) is 96.0 Å². The fourth-order valence-electron chi connectivity index (χ4n) is 12.2. The number of carbonyl (C=O) groups excluding carboxylic acids is 1. The molecule has 102 heavy (non-hydrogen) atoms. The van der Waals surface area contributed by atoms with Gasteiger partial charge in [-0.3, -0.25) is 30.4 Å². The normalized spacial score (nSPS) is 17.1. The van der Waals surface area contributed by atoms with Crippen molar-refractivity contribution in [3.63, 3.8) is 0 Å². The molecule has 0 radical (unpaired) electrons. The predicted molar refractivity (Wildman–Crippen MR) is 399 cm³/mol. The van der Waals surface area contributed by atoms with Crippen molar-refractivity contribution in [3.05, 3.63) is 206 Å². The Hall–Kier alpha value is -8.78. The highest BCUT2D eigenvalue weighted by Crippen LogP contribution is 2.27. The summed E-state index contributed by atoms with van der Waals surface area (Å²) >= 11 is 17.2. The highest BCUT2D eigenvalue weighted by Gasteiger charge is 2.33. The van der Waals surface area contributed by atoms with Gasteiger partial charge in [-0.25, -0.2) is 9.97 Å². The third-order valence-corrected chi connectivity index (χ3v) is 18.2. The molecule has 21 nitrogen and oxygen atoms in total. The van der Waals surface area contributed by atoms with Crippen molar-refractivity contribution < 1.29 is 52.5 Å². The first kappa shape index (κ1) is 78.9. The van der Waals surface area contributed by atoms with Crippen LogP contribution in [0.25, 0.3) is 0 Å². The maximum Gasteiger partial charge on any atom is 0.573 e. The van der Waals surface area contributed by atoms with E-state index in [4.69, 9.17) is 40.0 Å². The molecule has 4 aliphatic rings. The number of benzene rings is 3. The number of halogens is 6. The lowest BCUT2D eigenvalue weighted by Gasteiger charge is -2.19. The lowest BCUT2D eigenvalue weighted by atomic mass is 10.1. The zero-order valence-electron chi connectivity index (χ0n) is 60.1. The van der Waals surface area contributed by atoms with E-state index in [9.17, 15) is 28.4 Å². The van der Waals surface area contributed by atoms with E-state index in [0.717, 1.165) is 127 Å². The second-order valence-electron chi connectivity index (χ2n) is 26.8. The molecular weight excluding hydrogens is 1370 g/mol. The Kier molecular flexibility index (Phi) is 28.9. The largest absolute Gasteiger partial charge is 0.573 e. The van der Waals surface area contributed by atoms with Crippen LogP contribution >= 0.6 is 34.8 Å². The van der Waals surface area contributed by atoms with E-state index in [2.05, 4.69) is 142 Å². The van der Waals surface area contributed by atoms with Gasteiger partial charge in [0.05, 0.1) is 22.5 Å². The minimum Gasteiger partial charge on any atom is -0.406 e. The highest BCUT2D eigenvalue weighted by molar-refractivity contribution is 6.33. The molecule has 0 unspecified atom stereocenters. The van der Waals surface area contributed by atoms with Crippen LogP contribution < -0.4 is 60.2 Å². The van der Waals surface area contributed by atoms with Crippen LogP contribution in [0.3, 0.4) is 0 Å². The number of aromatic nitrogens is 5. The Balaban J connectivity index is 0.000000168. The third kappa shape index (κ3) is 25.0. The van der Waals surface area contributed by atoms with Crippen molar-refractivity contribution in [2.75, 3.05) is 131 Å². The average molecular weight is 1470 g/mol. The van der Waals surface area contributed by atoms with Gasteiger partial charge >= 0.3 is 23.2 Å². The number of rotatable bonds is 18. The maximum atomic E-state index is 12.6. The quantitative estimate of drug-likeness (QED) is 0.0229. The van der Waals surface area contributed by atoms with Crippen LogP contribution in [0.5, 0.6) is 5.75 Å². The van der Waals surface area contributed by atoms with Crippen LogP contribution in [0.15, 0.2) is 146 Å². The summed E-state index contributed by atoms with van der Waals surface area (Å²) in [6, 6.07) is 46.5. The van der Waals surface area contributed by atoms with Gasteiger partial charge in [0.2, 0.25) is 11.6 Å². The van der Waals surface area contributed by atoms with Crippen LogP contribution in [-0.4, -0.2) is 171 Å². The summed E-state index contributed by atoms with van der Waals surface area (Å²) in [5.41, 5.74) is 10.8. The minimum absolute atomic E-state index is 0.0602. The Bertz CT molecular complexity index is 3970. The number of aryl methyl sites for hydroxylation is 5. The number of likely N-dealkylation sites (tertiary alicyclic amines) is 3. The highest BCUT2D eigenvalue weighted by atomic mass is 35.5. The zero-order valence-corrected chi connectivity index (χ0v) is 62.4. The fraction of sp³-hybridized carbons (Fsp3) is 0.413. The van der Waals surface area contributed by atoms with Crippen molar-refractivity contribution in [3.8, 4) is 5.75 Å². The molecule has 0 spiro atoms. The van der Waals surface area contributed by atoms with Crippen molar-refractivity contribution in [1.82, 2.24) is 30.0 Å². The Morgan fingerprint density at radius 3 is 1.47 bits per heavy atom. The SMILES string of the molecule is Cc1cc(Cl)cc(Cl)[n+]1O.Cc1cc(Cl)cc(N[C@H]2CCN(Cc3ccccc3)C2)[n+]1O.Cc1cc(N(C)C)cc(N[C@H]2CCN(C(=O)Cc3ccc(OC(F)(F)F)cc3)C2)n1.Cc1cc(N(C)C)cc(N[C@H]2CCN(Cc3ccccc3)C2)[n+]1O.Cc1cc(N(C)C)cc(N[C@H]2CCNC2)n1. The number of anilines is 7. The van der Waals surface area contributed by atoms with E-state index in [-0.39, 0.29) is 29.3 Å². The predicted octanol–water partition coefficient (Wildman–Crippen LogP) is 11.8. The summed E-state index contributed by atoms with van der Waals surface area (Å²) in [6.45, 7) is 18.7. The molecule has 548 valence electrons. The number of carbonyl (C=O) groups is 1. The minimum atomic E-state index is -4.73. The molecule has 4 aliphatic heterocycles. The molecule has 9 heterocycles. The molecule has 4 saturated heterocycles. The first-order valence-electron chi connectivity index (χ1n) is 34.1. The number of pyridine rings is 5. The van der Waals surface area contributed by atoms with Gasteiger partial charge in [-0.05, 0) is 95.3 Å². The monoisotopic (exact) mass is 1470 g/mol. The number of ether oxygens (including phenoxy) is 1. The molecular formula is C75H99Cl3F3N16O5+3. The van der Waals surface area contributed by atoms with Crippen LogP contribution in [-0.2, 0) is 24.3 Å². The summed E-state index contributed by atoms with van der Waals surface area (Å²) in [6.07, 6.45) is -0.485. The van der Waals surface area contributed by atoms with E-state index < -0.39 is 6.36 Å². The lowest BCUT2D eigenvalue weighted by Crippen LogP contribution is -2.40. The van der Waals surface area contributed by atoms with E-state index in [1.54, 1.807) is 30.0 Å². The smallest absolute Gasteiger partial charge is 0.406 e. The average Bonchev–Trinajstić information content (AvgIpc) is 1.79. The Morgan fingerprint density at radius 2 is 0.990 bits per heavy atom. The maximum absolute atomic E-state index is 12.6. The molecule has 1 amide bonds. The Labute approximate surface area is 612 Å². The van der Waals surface area contributed by atoms with E-state index in [1.807, 2.05) is 91.1 Å². The van der Waals surface area contributed by atoms with Gasteiger partial charge in [0.25, 0.3) is 0 Å². The second kappa shape index (κ2) is 37.4. The number of hydrogen-bond acceptors (Lipinski definition) is 17. The van der Waals surface area contributed by atoms with Crippen molar-refractivity contribution in [2.24, 2.45) is 0 Å². The molecule has 0 bridgehead atoms. The molecule has 0 aliphatic carbocycles. The van der Waals surface area contributed by atoms with Gasteiger partial charge in [0.1, 0.15) is 40.9 Å².